The Labute approximate surface area is 226 Å². The van der Waals surface area contributed by atoms with Crippen LogP contribution in [0, 0.1) is 25.7 Å². The molecule has 2 atom stereocenters. The van der Waals surface area contributed by atoms with E-state index < -0.39 is 0 Å². The average Bonchev–Trinajstić information content (AvgIpc) is 3.20. The van der Waals surface area contributed by atoms with Gasteiger partial charge in [-0.15, -0.1) is 0 Å². The minimum atomic E-state index is 0.710. The molecule has 0 heteroatoms. The van der Waals surface area contributed by atoms with Crippen molar-refractivity contribution in [1.82, 2.24) is 0 Å². The highest BCUT2D eigenvalue weighted by molar-refractivity contribution is 5.78. The van der Waals surface area contributed by atoms with Crippen LogP contribution in [0.15, 0.2) is 24.3 Å². The van der Waals surface area contributed by atoms with Gasteiger partial charge in [0.15, 0.2) is 0 Å². The lowest BCUT2D eigenvalue weighted by Crippen LogP contribution is -2.08. The summed E-state index contributed by atoms with van der Waals surface area (Å²) in [5.74, 6) is 2.52. The molecular weight excluding hydrogens is 432 g/mol. The maximum Gasteiger partial charge on any atom is -0.0111 e. The van der Waals surface area contributed by atoms with Crippen molar-refractivity contribution in [2.45, 2.75) is 146 Å². The summed E-state index contributed by atoms with van der Waals surface area (Å²) in [5, 5.41) is 0. The van der Waals surface area contributed by atoms with Crippen LogP contribution < -0.4 is 0 Å². The molecule has 0 spiro atoms. The van der Waals surface area contributed by atoms with Crippen molar-refractivity contribution < 1.29 is 0 Å². The van der Waals surface area contributed by atoms with Gasteiger partial charge in [0.2, 0.25) is 0 Å². The van der Waals surface area contributed by atoms with E-state index in [0.29, 0.717) is 5.92 Å². The van der Waals surface area contributed by atoms with Crippen molar-refractivity contribution in [2.75, 3.05) is 0 Å². The number of aryl methyl sites for hydroxylation is 3. The Hall–Kier alpha value is -1.56. The first-order chi connectivity index (χ1) is 17.5. The van der Waals surface area contributed by atoms with E-state index in [0.717, 1.165) is 11.8 Å². The summed E-state index contributed by atoms with van der Waals surface area (Å²) in [5.41, 5.74) is 12.5. The quantitative estimate of drug-likeness (QED) is 0.371. The van der Waals surface area contributed by atoms with Gasteiger partial charge in [0.05, 0.1) is 0 Å². The van der Waals surface area contributed by atoms with Gasteiger partial charge in [0, 0.05) is 0 Å². The second-order valence-corrected chi connectivity index (χ2v) is 10.7. The van der Waals surface area contributed by atoms with E-state index in [1.807, 2.05) is 41.5 Å². The van der Waals surface area contributed by atoms with Gasteiger partial charge >= 0.3 is 0 Å². The van der Waals surface area contributed by atoms with Crippen LogP contribution >= 0.6 is 0 Å². The van der Waals surface area contributed by atoms with Crippen LogP contribution in [0.4, 0.5) is 0 Å². The molecule has 1 saturated carbocycles. The highest BCUT2D eigenvalue weighted by atomic mass is 14.4. The topological polar surface area (TPSA) is 0 Å². The third-order valence-electron chi connectivity index (χ3n) is 8.21. The van der Waals surface area contributed by atoms with Crippen molar-refractivity contribution in [3.8, 4) is 11.1 Å². The average molecular weight is 493 g/mol. The second-order valence-electron chi connectivity index (χ2n) is 10.7. The van der Waals surface area contributed by atoms with Gasteiger partial charge in [0.1, 0.15) is 0 Å². The van der Waals surface area contributed by atoms with Gasteiger partial charge in [0.25, 0.3) is 0 Å². The molecule has 0 aliphatic heterocycles. The summed E-state index contributed by atoms with van der Waals surface area (Å²) in [7, 11) is 0. The lowest BCUT2D eigenvalue weighted by atomic mass is 9.80. The zero-order chi connectivity index (χ0) is 27.3. The van der Waals surface area contributed by atoms with E-state index in [-0.39, 0.29) is 0 Å². The Balaban J connectivity index is 0.000000419. The molecule has 0 bridgehead atoms. The lowest BCUT2D eigenvalue weighted by Gasteiger charge is -2.25. The van der Waals surface area contributed by atoms with Gasteiger partial charge in [-0.05, 0) is 103 Å². The first-order valence-electron chi connectivity index (χ1n) is 15.7. The molecule has 5 rings (SSSR count). The van der Waals surface area contributed by atoms with Crippen molar-refractivity contribution in [2.24, 2.45) is 11.8 Å². The van der Waals surface area contributed by atoms with E-state index in [9.17, 15) is 0 Å². The number of hydrogen-bond donors (Lipinski definition) is 0. The molecule has 36 heavy (non-hydrogen) atoms. The second kappa shape index (κ2) is 17.0. The van der Waals surface area contributed by atoms with E-state index in [2.05, 4.69) is 58.9 Å². The molecule has 3 aliphatic carbocycles. The molecule has 3 aliphatic rings. The number of hydrogen-bond acceptors (Lipinski definition) is 0. The highest BCUT2D eigenvalue weighted by Crippen LogP contribution is 2.47. The van der Waals surface area contributed by atoms with Gasteiger partial charge in [-0.3, -0.25) is 0 Å². The van der Waals surface area contributed by atoms with Gasteiger partial charge in [-0.1, -0.05) is 124 Å². The first kappa shape index (κ1) is 32.5. The first-order valence-corrected chi connectivity index (χ1v) is 15.7. The third-order valence-corrected chi connectivity index (χ3v) is 8.21. The zero-order valence-electron chi connectivity index (χ0n) is 26.1. The minimum Gasteiger partial charge on any atom is -0.0683 e. The molecule has 2 aromatic carbocycles. The molecule has 0 saturated heterocycles. The Morgan fingerprint density at radius 2 is 1.28 bits per heavy atom. The fraction of sp³-hybridized carbons (Fsp3) is 0.667. The molecule has 204 valence electrons. The Morgan fingerprint density at radius 3 is 1.83 bits per heavy atom. The standard InChI is InChI=1S/C23H28.C7H14.3C2H6/c1-14-9-10-19(16(3)11-14)23-20-8-6-5-7-18(20)13-21-17(4)15(2)12-22(21)23;1-7-5-3-2-4-6-7;3*1-2/h9-11,13,15,17H,5-8,12H2,1-4H3;7H,2-6H2,1H3;3*1-2H3. The monoisotopic (exact) mass is 492 g/mol. The van der Waals surface area contributed by atoms with Crippen LogP contribution in [0.2, 0.25) is 0 Å². The van der Waals surface area contributed by atoms with Crippen molar-refractivity contribution in [3.63, 3.8) is 0 Å². The molecule has 0 aromatic heterocycles. The van der Waals surface area contributed by atoms with Crippen molar-refractivity contribution >= 4 is 0 Å². The van der Waals surface area contributed by atoms with E-state index in [1.54, 1.807) is 27.8 Å². The molecule has 0 N–H and O–H groups in total. The largest absolute Gasteiger partial charge is 0.0683 e. The number of benzene rings is 2. The summed E-state index contributed by atoms with van der Waals surface area (Å²) < 4.78 is 0. The zero-order valence-corrected chi connectivity index (χ0v) is 26.1. The summed E-state index contributed by atoms with van der Waals surface area (Å²) in [4.78, 5) is 0. The molecule has 0 amide bonds. The van der Waals surface area contributed by atoms with Crippen LogP contribution in [-0.4, -0.2) is 0 Å². The van der Waals surface area contributed by atoms with Crippen LogP contribution in [0.1, 0.15) is 147 Å². The maximum atomic E-state index is 2.57. The number of rotatable bonds is 1. The van der Waals surface area contributed by atoms with Crippen LogP contribution in [0.25, 0.3) is 11.1 Å². The van der Waals surface area contributed by atoms with Gasteiger partial charge < -0.3 is 0 Å². The van der Waals surface area contributed by atoms with Gasteiger partial charge in [-0.2, -0.15) is 0 Å². The molecule has 0 heterocycles. The van der Waals surface area contributed by atoms with Crippen molar-refractivity contribution in [1.29, 1.82) is 0 Å². The molecule has 1 fully saturated rings. The lowest BCUT2D eigenvalue weighted by molar-refractivity contribution is 0.385. The van der Waals surface area contributed by atoms with Crippen molar-refractivity contribution in [3.05, 3.63) is 57.6 Å². The highest BCUT2D eigenvalue weighted by Gasteiger charge is 2.31. The Kier molecular flexibility index (Phi) is 15.4. The predicted molar refractivity (Wildman–Crippen MR) is 166 cm³/mol. The minimum absolute atomic E-state index is 0.710. The number of fused-ring (bicyclic) bond motifs is 2. The smallest absolute Gasteiger partial charge is 0.0111 e. The normalized spacial score (nSPS) is 20.0. The summed E-state index contributed by atoms with van der Waals surface area (Å²) >= 11 is 0. The third kappa shape index (κ3) is 8.22. The summed E-state index contributed by atoms with van der Waals surface area (Å²) in [6.07, 6.45) is 14.0. The van der Waals surface area contributed by atoms with E-state index in [4.69, 9.17) is 0 Å². The fourth-order valence-corrected chi connectivity index (χ4v) is 6.13. The summed E-state index contributed by atoms with van der Waals surface area (Å²) in [6, 6.07) is 9.60. The Morgan fingerprint density at radius 1 is 0.667 bits per heavy atom. The van der Waals surface area contributed by atoms with Crippen LogP contribution in [-0.2, 0) is 19.3 Å². The maximum absolute atomic E-state index is 2.57. The molecule has 2 aromatic rings. The van der Waals surface area contributed by atoms with Gasteiger partial charge in [-0.25, -0.2) is 0 Å². The molecule has 0 nitrogen and oxygen atoms in total. The molecular formula is C36H60. The molecule has 2 unspecified atom stereocenters. The van der Waals surface area contributed by atoms with Crippen LogP contribution in [0.3, 0.4) is 0 Å². The fourth-order valence-electron chi connectivity index (χ4n) is 6.13. The van der Waals surface area contributed by atoms with Crippen LogP contribution in [0.5, 0.6) is 0 Å². The summed E-state index contributed by atoms with van der Waals surface area (Å²) in [6.45, 7) is 23.7. The Bertz CT molecular complexity index is 881. The predicted octanol–water partition coefficient (Wildman–Crippen LogP) is 11.8. The SMILES string of the molecule is CC.CC.CC.CC1CCCCC1.Cc1ccc(-c2c3c(cc4c2CC(C)C4C)CCCC3)c(C)c1. The van der Waals surface area contributed by atoms with E-state index >= 15 is 0 Å². The van der Waals surface area contributed by atoms with E-state index in [1.165, 1.54) is 80.9 Å². The molecule has 0 radical (unpaired) electrons.